The van der Waals surface area contributed by atoms with Gasteiger partial charge in [-0.3, -0.25) is 0 Å². The fraction of sp³-hybridized carbons (Fsp3) is 0.267. The van der Waals surface area contributed by atoms with E-state index in [2.05, 4.69) is 40.8 Å². The van der Waals surface area contributed by atoms with Crippen molar-refractivity contribution in [2.24, 2.45) is 0 Å². The van der Waals surface area contributed by atoms with Gasteiger partial charge in [0.2, 0.25) is 0 Å². The average molecular weight is 322 g/mol. The summed E-state index contributed by atoms with van der Waals surface area (Å²) in [6, 6.07) is 9.60. The van der Waals surface area contributed by atoms with E-state index < -0.39 is 0 Å². The second kappa shape index (κ2) is 6.06. The predicted octanol–water partition coefficient (Wildman–Crippen LogP) is 4.77. The lowest BCUT2D eigenvalue weighted by molar-refractivity contribution is 0.367. The van der Waals surface area contributed by atoms with Crippen LogP contribution < -0.4 is 9.47 Å². The summed E-state index contributed by atoms with van der Waals surface area (Å²) in [4.78, 5) is 4.21. The highest BCUT2D eigenvalue weighted by molar-refractivity contribution is 9.10. The largest absolute Gasteiger partial charge is 0.491 e. The van der Waals surface area contributed by atoms with Crippen molar-refractivity contribution in [3.05, 3.63) is 46.6 Å². The van der Waals surface area contributed by atoms with Gasteiger partial charge < -0.3 is 9.47 Å². The van der Waals surface area contributed by atoms with Crippen LogP contribution in [-0.4, -0.2) is 12.1 Å². The van der Waals surface area contributed by atoms with Crippen LogP contribution in [0.4, 0.5) is 0 Å². The van der Waals surface area contributed by atoms with Crippen molar-refractivity contribution in [2.75, 3.05) is 7.11 Å². The summed E-state index contributed by atoms with van der Waals surface area (Å²) >= 11 is 3.48. The highest BCUT2D eigenvalue weighted by atomic mass is 79.9. The summed E-state index contributed by atoms with van der Waals surface area (Å²) in [6.07, 6.45) is 1.69. The van der Waals surface area contributed by atoms with E-state index in [0.717, 1.165) is 15.8 Å². The summed E-state index contributed by atoms with van der Waals surface area (Å²) < 4.78 is 12.2. The number of hydrogen-bond donors (Lipinski definition) is 0. The topological polar surface area (TPSA) is 31.4 Å². The minimum Gasteiger partial charge on any atom is -0.491 e. The van der Waals surface area contributed by atoms with Gasteiger partial charge in [0, 0.05) is 10.7 Å². The van der Waals surface area contributed by atoms with Crippen LogP contribution in [0.1, 0.15) is 25.3 Å². The summed E-state index contributed by atoms with van der Waals surface area (Å²) in [7, 11) is 1.61. The molecule has 0 spiro atoms. The molecular formula is C15H16BrNO2. The van der Waals surface area contributed by atoms with Crippen LogP contribution in [-0.2, 0) is 0 Å². The SMILES string of the molecule is COc1cccnc1Oc1ccc(Br)cc1C(C)C. The van der Waals surface area contributed by atoms with Gasteiger partial charge in [-0.15, -0.1) is 0 Å². The van der Waals surface area contributed by atoms with E-state index in [0.29, 0.717) is 17.5 Å². The van der Waals surface area contributed by atoms with Crippen molar-refractivity contribution in [1.29, 1.82) is 0 Å². The fourth-order valence-electron chi connectivity index (χ4n) is 1.78. The van der Waals surface area contributed by atoms with Gasteiger partial charge in [-0.2, -0.15) is 0 Å². The van der Waals surface area contributed by atoms with Crippen molar-refractivity contribution in [2.45, 2.75) is 19.8 Å². The molecule has 0 N–H and O–H groups in total. The lowest BCUT2D eigenvalue weighted by Crippen LogP contribution is -1.97. The van der Waals surface area contributed by atoms with Crippen molar-refractivity contribution in [3.8, 4) is 17.4 Å². The minimum absolute atomic E-state index is 0.363. The van der Waals surface area contributed by atoms with Gasteiger partial charge in [-0.1, -0.05) is 29.8 Å². The molecule has 0 bridgehead atoms. The molecule has 4 heteroatoms. The Morgan fingerprint density at radius 2 is 1.95 bits per heavy atom. The van der Waals surface area contributed by atoms with Gasteiger partial charge in [-0.05, 0) is 41.8 Å². The van der Waals surface area contributed by atoms with E-state index in [1.165, 1.54) is 0 Å². The zero-order chi connectivity index (χ0) is 13.8. The lowest BCUT2D eigenvalue weighted by atomic mass is 10.0. The molecular weight excluding hydrogens is 306 g/mol. The van der Waals surface area contributed by atoms with Crippen LogP contribution in [0.25, 0.3) is 0 Å². The smallest absolute Gasteiger partial charge is 0.262 e. The van der Waals surface area contributed by atoms with Crippen LogP contribution in [0.5, 0.6) is 17.4 Å². The Bertz CT molecular complexity index is 570. The number of benzene rings is 1. The van der Waals surface area contributed by atoms with Gasteiger partial charge in [0.05, 0.1) is 7.11 Å². The van der Waals surface area contributed by atoms with Gasteiger partial charge >= 0.3 is 0 Å². The monoisotopic (exact) mass is 321 g/mol. The number of nitrogens with zero attached hydrogens (tertiary/aromatic N) is 1. The van der Waals surface area contributed by atoms with E-state index in [-0.39, 0.29) is 0 Å². The molecule has 0 unspecified atom stereocenters. The number of ether oxygens (including phenoxy) is 2. The third-order valence-corrected chi connectivity index (χ3v) is 3.25. The maximum atomic E-state index is 5.89. The summed E-state index contributed by atoms with van der Waals surface area (Å²) in [5.74, 6) is 2.27. The molecule has 19 heavy (non-hydrogen) atoms. The predicted molar refractivity (Wildman–Crippen MR) is 79.1 cm³/mol. The van der Waals surface area contributed by atoms with Crippen molar-refractivity contribution in [3.63, 3.8) is 0 Å². The highest BCUT2D eigenvalue weighted by Gasteiger charge is 2.12. The van der Waals surface area contributed by atoms with Crippen LogP contribution in [0, 0.1) is 0 Å². The normalized spacial score (nSPS) is 10.6. The number of aromatic nitrogens is 1. The van der Waals surface area contributed by atoms with Crippen LogP contribution >= 0.6 is 15.9 Å². The summed E-state index contributed by atoms with van der Waals surface area (Å²) in [5, 5.41) is 0. The molecule has 0 radical (unpaired) electrons. The van der Waals surface area contributed by atoms with Crippen LogP contribution in [0.3, 0.4) is 0 Å². The zero-order valence-electron chi connectivity index (χ0n) is 11.2. The molecule has 0 saturated carbocycles. The Balaban J connectivity index is 2.38. The number of halogens is 1. The molecule has 0 aliphatic carbocycles. The Labute approximate surface area is 121 Å². The average Bonchev–Trinajstić information content (AvgIpc) is 2.41. The molecule has 0 aliphatic heterocycles. The molecule has 100 valence electrons. The van der Waals surface area contributed by atoms with Gasteiger partial charge in [0.25, 0.3) is 5.88 Å². The number of hydrogen-bond acceptors (Lipinski definition) is 3. The second-order valence-corrected chi connectivity index (χ2v) is 5.37. The van der Waals surface area contributed by atoms with Crippen molar-refractivity contribution >= 4 is 15.9 Å². The first kappa shape index (κ1) is 13.9. The maximum Gasteiger partial charge on any atom is 0.262 e. The molecule has 0 atom stereocenters. The quantitative estimate of drug-likeness (QED) is 0.812. The molecule has 3 nitrogen and oxygen atoms in total. The Kier molecular flexibility index (Phi) is 4.43. The standard InChI is InChI=1S/C15H16BrNO2/c1-10(2)12-9-11(16)6-7-13(12)19-15-14(18-3)5-4-8-17-15/h4-10H,1-3H3. The second-order valence-electron chi connectivity index (χ2n) is 4.45. The molecule has 0 saturated heterocycles. The molecule has 0 aliphatic rings. The summed E-state index contributed by atoms with van der Waals surface area (Å²) in [6.45, 7) is 4.26. The first-order valence-electron chi connectivity index (χ1n) is 6.08. The molecule has 2 aromatic rings. The minimum atomic E-state index is 0.363. The third-order valence-electron chi connectivity index (χ3n) is 2.76. The Morgan fingerprint density at radius 1 is 1.16 bits per heavy atom. The van der Waals surface area contributed by atoms with Gasteiger partial charge in [-0.25, -0.2) is 4.98 Å². The lowest BCUT2D eigenvalue weighted by Gasteiger charge is -2.15. The van der Waals surface area contributed by atoms with Gasteiger partial charge in [0.15, 0.2) is 5.75 Å². The van der Waals surface area contributed by atoms with E-state index in [1.54, 1.807) is 13.3 Å². The van der Waals surface area contributed by atoms with Crippen LogP contribution in [0.2, 0.25) is 0 Å². The highest BCUT2D eigenvalue weighted by Crippen LogP contribution is 2.35. The number of methoxy groups -OCH3 is 1. The van der Waals surface area contributed by atoms with E-state index in [9.17, 15) is 0 Å². The van der Waals surface area contributed by atoms with Crippen LogP contribution in [0.15, 0.2) is 41.0 Å². The zero-order valence-corrected chi connectivity index (χ0v) is 12.8. The number of rotatable bonds is 4. The number of pyridine rings is 1. The molecule has 1 aromatic heterocycles. The first-order chi connectivity index (χ1) is 9.11. The van der Waals surface area contributed by atoms with Crippen molar-refractivity contribution in [1.82, 2.24) is 4.98 Å². The Hall–Kier alpha value is -1.55. The van der Waals surface area contributed by atoms with E-state index >= 15 is 0 Å². The summed E-state index contributed by atoms with van der Waals surface area (Å²) in [5.41, 5.74) is 1.13. The van der Waals surface area contributed by atoms with E-state index in [4.69, 9.17) is 9.47 Å². The fourth-order valence-corrected chi connectivity index (χ4v) is 2.15. The van der Waals surface area contributed by atoms with E-state index in [1.807, 2.05) is 24.3 Å². The molecule has 0 amide bonds. The molecule has 0 fully saturated rings. The van der Waals surface area contributed by atoms with Crippen molar-refractivity contribution < 1.29 is 9.47 Å². The first-order valence-corrected chi connectivity index (χ1v) is 6.87. The molecule has 2 rings (SSSR count). The maximum absolute atomic E-state index is 5.89. The Morgan fingerprint density at radius 3 is 2.63 bits per heavy atom. The molecule has 1 heterocycles. The third kappa shape index (κ3) is 3.26. The van der Waals surface area contributed by atoms with Gasteiger partial charge in [0.1, 0.15) is 5.75 Å². The molecule has 1 aromatic carbocycles.